The van der Waals surface area contributed by atoms with Crippen molar-refractivity contribution in [2.24, 2.45) is 7.05 Å². The molecule has 3 rings (SSSR count). The number of fused-ring (bicyclic) bond motifs is 1. The number of halogens is 3. The van der Waals surface area contributed by atoms with E-state index in [2.05, 4.69) is 5.10 Å². The maximum absolute atomic E-state index is 13.6. The molecule has 0 unspecified atom stereocenters. The minimum Gasteiger partial charge on any atom is -0.443 e. The Morgan fingerprint density at radius 2 is 1.67 bits per heavy atom. The fourth-order valence-corrected chi connectivity index (χ4v) is 2.80. The molecule has 140 valence electrons. The molecule has 5 nitrogen and oxygen atoms in total. The molecule has 0 aliphatic carbocycles. The number of aromatic nitrogens is 2. The summed E-state index contributed by atoms with van der Waals surface area (Å²) in [4.78, 5) is 24.7. The average Bonchev–Trinajstić information content (AvgIpc) is 2.62. The van der Waals surface area contributed by atoms with Crippen LogP contribution in [0.4, 0.5) is 13.2 Å². The van der Waals surface area contributed by atoms with Gasteiger partial charge in [-0.3, -0.25) is 4.79 Å². The van der Waals surface area contributed by atoms with Crippen LogP contribution >= 0.6 is 0 Å². The Hall–Kier alpha value is -3.16. The van der Waals surface area contributed by atoms with Gasteiger partial charge in [0.25, 0.3) is 5.56 Å². The monoisotopic (exact) mass is 376 g/mol. The summed E-state index contributed by atoms with van der Waals surface area (Å²) in [6.45, 7) is 1.50. The van der Waals surface area contributed by atoms with Gasteiger partial charge in [-0.2, -0.15) is 18.3 Å². The maximum atomic E-state index is 13.6. The van der Waals surface area contributed by atoms with Gasteiger partial charge in [0, 0.05) is 18.0 Å². The number of ether oxygens (including phenoxy) is 1. The molecule has 0 aliphatic heterocycles. The van der Waals surface area contributed by atoms with Crippen molar-refractivity contribution in [1.82, 2.24) is 9.78 Å². The molecule has 1 atom stereocenters. The summed E-state index contributed by atoms with van der Waals surface area (Å²) in [5.74, 6) is -1.26. The molecule has 8 heteroatoms. The topological polar surface area (TPSA) is 61.2 Å². The quantitative estimate of drug-likeness (QED) is 0.654. The van der Waals surface area contributed by atoms with Crippen LogP contribution in [0.15, 0.2) is 53.3 Å². The van der Waals surface area contributed by atoms with Crippen molar-refractivity contribution in [2.75, 3.05) is 0 Å². The average molecular weight is 376 g/mol. The van der Waals surface area contributed by atoms with Crippen LogP contribution in [-0.4, -0.2) is 21.9 Å². The first-order valence-corrected chi connectivity index (χ1v) is 7.99. The molecule has 3 aromatic rings. The summed E-state index contributed by atoms with van der Waals surface area (Å²) in [5, 5.41) is 4.12. The Kier molecular flexibility index (Phi) is 4.73. The highest BCUT2D eigenvalue weighted by atomic mass is 19.4. The van der Waals surface area contributed by atoms with E-state index < -0.39 is 23.8 Å². The van der Waals surface area contributed by atoms with Gasteiger partial charge in [-0.25, -0.2) is 9.48 Å². The van der Waals surface area contributed by atoms with Crippen LogP contribution in [0, 0.1) is 6.92 Å². The van der Waals surface area contributed by atoms with E-state index in [4.69, 9.17) is 4.74 Å². The molecule has 0 radical (unpaired) electrons. The number of aryl methyl sites for hydroxylation is 2. The zero-order valence-corrected chi connectivity index (χ0v) is 14.4. The number of benzene rings is 2. The number of carbonyl (C=O) groups excluding carboxylic acids is 1. The molecule has 0 amide bonds. The molecular weight excluding hydrogens is 361 g/mol. The van der Waals surface area contributed by atoms with Crippen molar-refractivity contribution in [3.63, 3.8) is 0 Å². The van der Waals surface area contributed by atoms with Gasteiger partial charge in [-0.1, -0.05) is 42.5 Å². The molecule has 0 saturated carbocycles. The van der Waals surface area contributed by atoms with Crippen molar-refractivity contribution in [3.8, 4) is 0 Å². The minimum absolute atomic E-state index is 0.135. The molecule has 0 aliphatic rings. The van der Waals surface area contributed by atoms with E-state index in [9.17, 15) is 22.8 Å². The van der Waals surface area contributed by atoms with E-state index in [0.29, 0.717) is 5.56 Å². The molecule has 0 N–H and O–H groups in total. The molecule has 1 aromatic heterocycles. The largest absolute Gasteiger partial charge is 0.443 e. The van der Waals surface area contributed by atoms with E-state index >= 15 is 0 Å². The Balaban J connectivity index is 2.08. The molecule has 0 spiro atoms. The van der Waals surface area contributed by atoms with E-state index in [0.717, 1.165) is 4.68 Å². The number of hydrogen-bond acceptors (Lipinski definition) is 4. The van der Waals surface area contributed by atoms with E-state index in [1.165, 1.54) is 44.3 Å². The van der Waals surface area contributed by atoms with Crippen LogP contribution in [0.3, 0.4) is 0 Å². The van der Waals surface area contributed by atoms with Crippen molar-refractivity contribution >= 4 is 16.7 Å². The Labute approximate surface area is 152 Å². The van der Waals surface area contributed by atoms with Crippen LogP contribution in [0.25, 0.3) is 10.8 Å². The van der Waals surface area contributed by atoms with Crippen molar-refractivity contribution in [2.45, 2.75) is 19.2 Å². The third-order valence-electron chi connectivity index (χ3n) is 4.14. The number of nitrogens with zero attached hydrogens (tertiary/aromatic N) is 2. The van der Waals surface area contributed by atoms with Crippen LogP contribution in [0.2, 0.25) is 0 Å². The summed E-state index contributed by atoms with van der Waals surface area (Å²) >= 11 is 0. The van der Waals surface area contributed by atoms with Gasteiger partial charge >= 0.3 is 12.1 Å². The fraction of sp³-hybridized carbons (Fsp3) is 0.211. The number of alkyl halides is 3. The van der Waals surface area contributed by atoms with Crippen LogP contribution in [-0.2, 0) is 11.8 Å². The predicted molar refractivity (Wildman–Crippen MR) is 92.4 cm³/mol. The molecule has 0 bridgehead atoms. The Bertz CT molecular complexity index is 1070. The molecular formula is C19H15F3N2O3. The minimum atomic E-state index is -4.81. The highest BCUT2D eigenvalue weighted by Gasteiger charge is 2.45. The van der Waals surface area contributed by atoms with Crippen molar-refractivity contribution < 1.29 is 22.7 Å². The zero-order chi connectivity index (χ0) is 19.8. The van der Waals surface area contributed by atoms with Crippen LogP contribution in [0.1, 0.15) is 27.7 Å². The summed E-state index contributed by atoms with van der Waals surface area (Å²) in [7, 11) is 1.31. The van der Waals surface area contributed by atoms with Gasteiger partial charge in [0.1, 0.15) is 0 Å². The van der Waals surface area contributed by atoms with E-state index in [1.54, 1.807) is 18.2 Å². The summed E-state index contributed by atoms with van der Waals surface area (Å²) < 4.78 is 46.4. The lowest BCUT2D eigenvalue weighted by Gasteiger charge is -2.22. The first-order chi connectivity index (χ1) is 12.7. The first kappa shape index (κ1) is 18.6. The fourth-order valence-electron chi connectivity index (χ4n) is 2.80. The number of esters is 1. The lowest BCUT2D eigenvalue weighted by molar-refractivity contribution is -0.207. The van der Waals surface area contributed by atoms with Gasteiger partial charge < -0.3 is 4.74 Å². The van der Waals surface area contributed by atoms with Gasteiger partial charge in [-0.15, -0.1) is 0 Å². The zero-order valence-electron chi connectivity index (χ0n) is 14.4. The summed E-state index contributed by atoms with van der Waals surface area (Å²) in [5.41, 5.74) is -0.637. The van der Waals surface area contributed by atoms with Gasteiger partial charge in [0.2, 0.25) is 6.10 Å². The second kappa shape index (κ2) is 6.86. The standard InChI is InChI=1S/C19H15F3N2O3/c1-11-7-3-4-8-12(11)16(19(20,21)22)27-18(26)15-13-9-5-6-10-14(13)17(25)24(2)23-15/h3-10,16H,1-2H3/t16-/m1/s1. The number of carbonyl (C=O) groups is 1. The lowest BCUT2D eigenvalue weighted by atomic mass is 10.0. The lowest BCUT2D eigenvalue weighted by Crippen LogP contribution is -2.29. The number of hydrogen-bond donors (Lipinski definition) is 0. The Morgan fingerprint density at radius 1 is 1.07 bits per heavy atom. The molecule has 2 aromatic carbocycles. The van der Waals surface area contributed by atoms with Crippen LogP contribution < -0.4 is 5.56 Å². The molecule has 0 saturated heterocycles. The van der Waals surface area contributed by atoms with E-state index in [1.807, 2.05) is 0 Å². The third kappa shape index (κ3) is 3.55. The summed E-state index contributed by atoms with van der Waals surface area (Å²) in [6, 6.07) is 11.8. The van der Waals surface area contributed by atoms with Crippen LogP contribution in [0.5, 0.6) is 0 Å². The molecule has 27 heavy (non-hydrogen) atoms. The highest BCUT2D eigenvalue weighted by Crippen LogP contribution is 2.38. The number of rotatable bonds is 3. The van der Waals surface area contributed by atoms with Crippen molar-refractivity contribution in [3.05, 3.63) is 75.7 Å². The second-order valence-electron chi connectivity index (χ2n) is 6.01. The second-order valence-corrected chi connectivity index (χ2v) is 6.01. The smallest absolute Gasteiger partial charge is 0.429 e. The first-order valence-electron chi connectivity index (χ1n) is 7.99. The van der Waals surface area contributed by atoms with Gasteiger partial charge in [-0.05, 0) is 18.6 Å². The SMILES string of the molecule is Cc1ccccc1[C@@H](OC(=O)c1nn(C)c(=O)c2ccccc12)C(F)(F)F. The van der Waals surface area contributed by atoms with Gasteiger partial charge in [0.05, 0.1) is 5.39 Å². The third-order valence-corrected chi connectivity index (χ3v) is 4.14. The maximum Gasteiger partial charge on any atom is 0.429 e. The Morgan fingerprint density at radius 3 is 2.30 bits per heavy atom. The van der Waals surface area contributed by atoms with Crippen molar-refractivity contribution in [1.29, 1.82) is 0 Å². The predicted octanol–water partition coefficient (Wildman–Crippen LogP) is 3.70. The molecule has 1 heterocycles. The summed E-state index contributed by atoms with van der Waals surface area (Å²) in [6.07, 6.45) is -7.25. The normalized spacial score (nSPS) is 12.8. The van der Waals surface area contributed by atoms with Gasteiger partial charge in [0.15, 0.2) is 5.69 Å². The molecule has 0 fully saturated rings. The highest BCUT2D eigenvalue weighted by molar-refractivity contribution is 6.02. The van der Waals surface area contributed by atoms with E-state index in [-0.39, 0.29) is 22.0 Å².